The van der Waals surface area contributed by atoms with Crippen molar-refractivity contribution >= 4 is 18.1 Å². The molecule has 0 aliphatic carbocycles. The Hall–Kier alpha value is -1.20. The summed E-state index contributed by atoms with van der Waals surface area (Å²) >= 11 is 0. The van der Waals surface area contributed by atoms with Crippen molar-refractivity contribution in [3.05, 3.63) is 39.7 Å². The Morgan fingerprint density at radius 3 is 2.71 bits per heavy atom. The maximum absolute atomic E-state index is 12.9. The number of nitrogens with two attached hydrogens (primary N) is 1. The lowest BCUT2D eigenvalue weighted by Gasteiger charge is -2.11. The number of rotatable bonds is 5. The van der Waals surface area contributed by atoms with Crippen LogP contribution in [0.4, 0.5) is 10.1 Å². The largest absolute Gasteiger partial charge is 0.324 e. The lowest BCUT2D eigenvalue weighted by molar-refractivity contribution is -0.385. The van der Waals surface area contributed by atoms with E-state index < -0.39 is 16.8 Å². The highest BCUT2D eigenvalue weighted by molar-refractivity contribution is 5.85. The quantitative estimate of drug-likeness (QED) is 0.653. The molecule has 0 bridgehead atoms. The molecule has 1 rings (SSSR count). The van der Waals surface area contributed by atoms with Crippen molar-refractivity contribution in [2.75, 3.05) is 0 Å². The number of halogens is 2. The lowest BCUT2D eigenvalue weighted by Crippen LogP contribution is -2.12. The van der Waals surface area contributed by atoms with Gasteiger partial charge in [0.1, 0.15) is 5.82 Å². The predicted octanol–water partition coefficient (Wildman–Crippen LogP) is 3.35. The van der Waals surface area contributed by atoms with Crippen LogP contribution < -0.4 is 5.73 Å². The minimum Gasteiger partial charge on any atom is -0.324 e. The summed E-state index contributed by atoms with van der Waals surface area (Å²) in [6.07, 6.45) is 2.54. The Morgan fingerprint density at radius 1 is 1.53 bits per heavy atom. The van der Waals surface area contributed by atoms with Gasteiger partial charge < -0.3 is 5.73 Å². The number of unbranched alkanes of at least 4 members (excludes halogenated alkanes) is 1. The van der Waals surface area contributed by atoms with Gasteiger partial charge in [0.2, 0.25) is 0 Å². The number of nitro groups is 1. The molecule has 1 aromatic carbocycles. The Labute approximate surface area is 106 Å². The predicted molar refractivity (Wildman–Crippen MR) is 66.8 cm³/mol. The smallest absolute Gasteiger partial charge is 0.277 e. The molecule has 0 aliphatic rings. The van der Waals surface area contributed by atoms with E-state index in [0.717, 1.165) is 18.9 Å². The third kappa shape index (κ3) is 4.28. The summed E-state index contributed by atoms with van der Waals surface area (Å²) in [4.78, 5) is 10.1. The molecule has 96 valence electrons. The third-order valence-corrected chi connectivity index (χ3v) is 2.46. The van der Waals surface area contributed by atoms with Crippen LogP contribution in [0.25, 0.3) is 0 Å². The molecule has 4 nitrogen and oxygen atoms in total. The first kappa shape index (κ1) is 15.8. The molecule has 1 aromatic rings. The maximum atomic E-state index is 12.9. The molecule has 0 amide bonds. The Balaban J connectivity index is 0.00000256. The summed E-state index contributed by atoms with van der Waals surface area (Å²) in [6, 6.07) is 3.12. The molecule has 17 heavy (non-hydrogen) atoms. The van der Waals surface area contributed by atoms with Gasteiger partial charge in [-0.1, -0.05) is 19.8 Å². The van der Waals surface area contributed by atoms with Crippen molar-refractivity contribution in [3.8, 4) is 0 Å². The normalized spacial score (nSPS) is 11.7. The van der Waals surface area contributed by atoms with Crippen LogP contribution in [0.15, 0.2) is 18.2 Å². The van der Waals surface area contributed by atoms with Gasteiger partial charge >= 0.3 is 0 Å². The molecule has 0 aliphatic heterocycles. The highest BCUT2D eigenvalue weighted by Crippen LogP contribution is 2.27. The fraction of sp³-hybridized carbons (Fsp3) is 0.455. The summed E-state index contributed by atoms with van der Waals surface area (Å²) in [6.45, 7) is 2.02. The molecule has 0 heterocycles. The van der Waals surface area contributed by atoms with Gasteiger partial charge in [-0.25, -0.2) is 4.39 Å². The van der Waals surface area contributed by atoms with Crippen LogP contribution in [0, 0.1) is 15.9 Å². The summed E-state index contributed by atoms with van der Waals surface area (Å²) in [5, 5.41) is 10.7. The fourth-order valence-electron chi connectivity index (χ4n) is 1.57. The maximum Gasteiger partial charge on any atom is 0.277 e. The molecular formula is C11H16ClFN2O2. The molecule has 1 atom stereocenters. The van der Waals surface area contributed by atoms with Crippen LogP contribution in [0.1, 0.15) is 37.8 Å². The second kappa shape index (κ2) is 7.19. The highest BCUT2D eigenvalue weighted by Gasteiger charge is 2.19. The molecule has 0 radical (unpaired) electrons. The van der Waals surface area contributed by atoms with Gasteiger partial charge in [0.25, 0.3) is 5.69 Å². The second-order valence-corrected chi connectivity index (χ2v) is 3.71. The van der Waals surface area contributed by atoms with Gasteiger partial charge in [0.05, 0.1) is 11.0 Å². The van der Waals surface area contributed by atoms with Crippen LogP contribution in [-0.2, 0) is 0 Å². The van der Waals surface area contributed by atoms with Gasteiger partial charge in [0, 0.05) is 11.6 Å². The Morgan fingerprint density at radius 2 is 2.18 bits per heavy atom. The van der Waals surface area contributed by atoms with Crippen molar-refractivity contribution in [2.45, 2.75) is 32.2 Å². The first-order valence-corrected chi connectivity index (χ1v) is 5.25. The summed E-state index contributed by atoms with van der Waals surface area (Å²) in [5.74, 6) is -0.613. The molecule has 0 aromatic heterocycles. The number of benzene rings is 1. The van der Waals surface area contributed by atoms with E-state index in [4.69, 9.17) is 5.73 Å². The van der Waals surface area contributed by atoms with Crippen LogP contribution in [0.2, 0.25) is 0 Å². The summed E-state index contributed by atoms with van der Waals surface area (Å²) in [5.41, 5.74) is 6.01. The van der Waals surface area contributed by atoms with Crippen molar-refractivity contribution in [2.24, 2.45) is 5.73 Å². The Bertz CT molecular complexity index is 388. The fourth-order valence-corrected chi connectivity index (χ4v) is 1.57. The molecular weight excluding hydrogens is 247 g/mol. The standard InChI is InChI=1S/C11H15FN2O2.ClH/c1-2-3-4-10(13)9-6-5-8(12)7-11(9)14(15)16;/h5-7,10H,2-4,13H2,1H3;1H/t10-;/m0./s1. The van der Waals surface area contributed by atoms with Crippen molar-refractivity contribution in [3.63, 3.8) is 0 Å². The van der Waals surface area contributed by atoms with E-state index in [-0.39, 0.29) is 18.1 Å². The van der Waals surface area contributed by atoms with E-state index in [9.17, 15) is 14.5 Å². The van der Waals surface area contributed by atoms with Gasteiger partial charge in [-0.05, 0) is 18.6 Å². The van der Waals surface area contributed by atoms with Crippen molar-refractivity contribution in [1.29, 1.82) is 0 Å². The van der Waals surface area contributed by atoms with Gasteiger partial charge in [-0.2, -0.15) is 0 Å². The zero-order chi connectivity index (χ0) is 12.1. The van der Waals surface area contributed by atoms with Crippen LogP contribution >= 0.6 is 12.4 Å². The number of hydrogen-bond donors (Lipinski definition) is 1. The lowest BCUT2D eigenvalue weighted by atomic mass is 10.0. The highest BCUT2D eigenvalue weighted by atomic mass is 35.5. The second-order valence-electron chi connectivity index (χ2n) is 3.71. The number of hydrogen-bond acceptors (Lipinski definition) is 3. The third-order valence-electron chi connectivity index (χ3n) is 2.46. The minimum absolute atomic E-state index is 0. The van der Waals surface area contributed by atoms with Gasteiger partial charge in [0.15, 0.2) is 0 Å². The van der Waals surface area contributed by atoms with E-state index >= 15 is 0 Å². The molecule has 0 fully saturated rings. The zero-order valence-electron chi connectivity index (χ0n) is 9.56. The van der Waals surface area contributed by atoms with Gasteiger partial charge in [-0.3, -0.25) is 10.1 Å². The van der Waals surface area contributed by atoms with Crippen LogP contribution in [0.5, 0.6) is 0 Å². The van der Waals surface area contributed by atoms with Crippen molar-refractivity contribution < 1.29 is 9.31 Å². The van der Waals surface area contributed by atoms with E-state index in [1.807, 2.05) is 6.92 Å². The first-order valence-electron chi connectivity index (χ1n) is 5.25. The number of nitrogens with zero attached hydrogens (tertiary/aromatic N) is 1. The van der Waals surface area contributed by atoms with Gasteiger partial charge in [-0.15, -0.1) is 12.4 Å². The van der Waals surface area contributed by atoms with E-state index in [1.54, 1.807) is 0 Å². The Kier molecular flexibility index (Phi) is 6.68. The van der Waals surface area contributed by atoms with E-state index in [2.05, 4.69) is 0 Å². The van der Waals surface area contributed by atoms with Crippen LogP contribution in [-0.4, -0.2) is 4.92 Å². The number of nitro benzene ring substituents is 1. The van der Waals surface area contributed by atoms with E-state index in [1.165, 1.54) is 12.1 Å². The molecule has 0 unspecified atom stereocenters. The first-order chi connectivity index (χ1) is 7.56. The molecule has 0 spiro atoms. The topological polar surface area (TPSA) is 69.2 Å². The molecule has 6 heteroatoms. The summed E-state index contributed by atoms with van der Waals surface area (Å²) < 4.78 is 12.9. The van der Waals surface area contributed by atoms with Crippen LogP contribution in [0.3, 0.4) is 0 Å². The minimum atomic E-state index is -0.613. The monoisotopic (exact) mass is 262 g/mol. The molecule has 0 saturated carbocycles. The average Bonchev–Trinajstić information content (AvgIpc) is 2.25. The average molecular weight is 263 g/mol. The molecule has 0 saturated heterocycles. The zero-order valence-corrected chi connectivity index (χ0v) is 10.4. The summed E-state index contributed by atoms with van der Waals surface area (Å²) in [7, 11) is 0. The van der Waals surface area contributed by atoms with E-state index in [0.29, 0.717) is 12.0 Å². The SMILES string of the molecule is CCCC[C@H](N)c1ccc(F)cc1[N+](=O)[O-].Cl. The van der Waals surface area contributed by atoms with Crippen molar-refractivity contribution in [1.82, 2.24) is 0 Å². The molecule has 2 N–H and O–H groups in total.